The van der Waals surface area contributed by atoms with Crippen molar-refractivity contribution in [2.45, 2.75) is 19.0 Å². The summed E-state index contributed by atoms with van der Waals surface area (Å²) in [7, 11) is 3.24. The predicted molar refractivity (Wildman–Crippen MR) is 122 cm³/mol. The van der Waals surface area contributed by atoms with Gasteiger partial charge in [-0.1, -0.05) is 30.3 Å². The molecule has 1 heterocycles. The Balaban J connectivity index is 1.63. The molecule has 5 nitrogen and oxygen atoms in total. The molecule has 1 aliphatic heterocycles. The molecule has 1 aliphatic rings. The number of nitrogens with one attached hydrogen (secondary N) is 1. The zero-order valence-corrected chi connectivity index (χ0v) is 18.3. The smallest absolute Gasteiger partial charge is 0.251 e. The van der Waals surface area contributed by atoms with Gasteiger partial charge < -0.3 is 14.8 Å². The van der Waals surface area contributed by atoms with Crippen LogP contribution in [0, 0.1) is 5.82 Å². The third kappa shape index (κ3) is 4.75. The Morgan fingerprint density at radius 1 is 1.03 bits per heavy atom. The van der Waals surface area contributed by atoms with E-state index in [1.807, 2.05) is 36.4 Å². The summed E-state index contributed by atoms with van der Waals surface area (Å²) in [4.78, 5) is 15.0. The van der Waals surface area contributed by atoms with Crippen LogP contribution < -0.4 is 14.8 Å². The number of nitrogens with zero attached hydrogens (tertiary/aromatic N) is 1. The Bertz CT molecular complexity index is 1090. The number of hydrogen-bond acceptors (Lipinski definition) is 4. The highest BCUT2D eigenvalue weighted by atomic mass is 19.1. The zero-order valence-electron chi connectivity index (χ0n) is 18.3. The SMILES string of the molecule is COc1cc2c(cc1OC)C(CNC(=O)c1ccccc1)N(Cc1cccc(F)c1)CC2. The molecule has 0 saturated carbocycles. The van der Waals surface area contributed by atoms with Crippen LogP contribution in [-0.2, 0) is 13.0 Å². The van der Waals surface area contributed by atoms with Gasteiger partial charge in [-0.3, -0.25) is 9.69 Å². The molecule has 1 unspecified atom stereocenters. The Morgan fingerprint density at radius 3 is 2.50 bits per heavy atom. The van der Waals surface area contributed by atoms with Crippen molar-refractivity contribution in [2.75, 3.05) is 27.3 Å². The average molecular weight is 435 g/mol. The van der Waals surface area contributed by atoms with E-state index >= 15 is 0 Å². The van der Waals surface area contributed by atoms with Gasteiger partial charge in [0.2, 0.25) is 0 Å². The molecule has 1 N–H and O–H groups in total. The fourth-order valence-electron chi connectivity index (χ4n) is 4.26. The maximum absolute atomic E-state index is 13.8. The number of benzene rings is 3. The number of methoxy groups -OCH3 is 2. The molecule has 6 heteroatoms. The molecule has 3 aromatic carbocycles. The largest absolute Gasteiger partial charge is 0.493 e. The van der Waals surface area contributed by atoms with Crippen molar-refractivity contribution >= 4 is 5.91 Å². The summed E-state index contributed by atoms with van der Waals surface area (Å²) in [5.41, 5.74) is 3.76. The lowest BCUT2D eigenvalue weighted by Gasteiger charge is -2.38. The van der Waals surface area contributed by atoms with E-state index in [2.05, 4.69) is 10.2 Å². The minimum absolute atomic E-state index is 0.0884. The molecular formula is C26H27FN2O3. The van der Waals surface area contributed by atoms with E-state index in [1.165, 1.54) is 6.07 Å². The van der Waals surface area contributed by atoms with Crippen molar-refractivity contribution in [3.8, 4) is 11.5 Å². The normalized spacial score (nSPS) is 15.7. The van der Waals surface area contributed by atoms with E-state index in [9.17, 15) is 9.18 Å². The molecular weight excluding hydrogens is 407 g/mol. The highest BCUT2D eigenvalue weighted by molar-refractivity contribution is 5.94. The summed E-state index contributed by atoms with van der Waals surface area (Å²) in [5.74, 6) is 0.972. The van der Waals surface area contributed by atoms with Gasteiger partial charge in [-0.25, -0.2) is 4.39 Å². The van der Waals surface area contributed by atoms with E-state index in [4.69, 9.17) is 9.47 Å². The van der Waals surface area contributed by atoms with Gasteiger partial charge in [0.25, 0.3) is 5.91 Å². The summed E-state index contributed by atoms with van der Waals surface area (Å²) < 4.78 is 24.8. The summed E-state index contributed by atoms with van der Waals surface area (Å²) in [6, 6.07) is 19.7. The fourth-order valence-corrected chi connectivity index (χ4v) is 4.26. The van der Waals surface area contributed by atoms with Crippen molar-refractivity contribution in [2.24, 2.45) is 0 Å². The molecule has 0 bridgehead atoms. The molecule has 0 spiro atoms. The molecule has 0 aromatic heterocycles. The summed E-state index contributed by atoms with van der Waals surface area (Å²) in [6.45, 7) is 1.79. The van der Waals surface area contributed by atoms with Gasteiger partial charge in [-0.2, -0.15) is 0 Å². The van der Waals surface area contributed by atoms with Gasteiger partial charge in [0.15, 0.2) is 11.5 Å². The zero-order chi connectivity index (χ0) is 22.5. The quantitative estimate of drug-likeness (QED) is 0.600. The maximum Gasteiger partial charge on any atom is 0.251 e. The number of fused-ring (bicyclic) bond motifs is 1. The van der Waals surface area contributed by atoms with E-state index in [1.54, 1.807) is 38.5 Å². The summed E-state index contributed by atoms with van der Waals surface area (Å²) in [6.07, 6.45) is 0.828. The van der Waals surface area contributed by atoms with Crippen LogP contribution in [0.4, 0.5) is 4.39 Å². The third-order valence-corrected chi connectivity index (χ3v) is 5.88. The van der Waals surface area contributed by atoms with Gasteiger partial charge in [0.05, 0.1) is 20.3 Å². The number of ether oxygens (including phenoxy) is 2. The van der Waals surface area contributed by atoms with E-state index in [-0.39, 0.29) is 17.8 Å². The van der Waals surface area contributed by atoms with Crippen LogP contribution in [0.3, 0.4) is 0 Å². The minimum atomic E-state index is -0.250. The first-order valence-electron chi connectivity index (χ1n) is 10.7. The van der Waals surface area contributed by atoms with Crippen molar-refractivity contribution in [1.29, 1.82) is 0 Å². The first-order chi connectivity index (χ1) is 15.6. The Morgan fingerprint density at radius 2 is 1.78 bits per heavy atom. The van der Waals surface area contributed by atoms with Crippen LogP contribution in [-0.4, -0.2) is 38.1 Å². The standard InChI is InChI=1S/C26H27FN2O3/c1-31-24-14-20-11-12-29(17-18-7-6-10-21(27)13-18)23(22(20)15-25(24)32-2)16-28-26(30)19-8-4-3-5-9-19/h3-10,13-15,23H,11-12,16-17H2,1-2H3,(H,28,30). The van der Waals surface area contributed by atoms with Gasteiger partial charge >= 0.3 is 0 Å². The lowest BCUT2D eigenvalue weighted by atomic mass is 9.91. The van der Waals surface area contributed by atoms with Crippen molar-refractivity contribution in [3.63, 3.8) is 0 Å². The lowest BCUT2D eigenvalue weighted by molar-refractivity contribution is 0.0926. The first kappa shape index (κ1) is 21.8. The predicted octanol–water partition coefficient (Wildman–Crippen LogP) is 4.37. The van der Waals surface area contributed by atoms with Crippen molar-refractivity contribution < 1.29 is 18.7 Å². The summed E-state index contributed by atoms with van der Waals surface area (Å²) in [5, 5.41) is 3.08. The van der Waals surface area contributed by atoms with Crippen molar-refractivity contribution in [1.82, 2.24) is 10.2 Å². The minimum Gasteiger partial charge on any atom is -0.493 e. The van der Waals surface area contributed by atoms with Crippen LogP contribution >= 0.6 is 0 Å². The van der Waals surface area contributed by atoms with Crippen LogP contribution in [0.25, 0.3) is 0 Å². The van der Waals surface area contributed by atoms with Crippen molar-refractivity contribution in [3.05, 3.63) is 94.8 Å². The highest BCUT2D eigenvalue weighted by Crippen LogP contribution is 2.38. The Hall–Kier alpha value is -3.38. The second-order valence-electron chi connectivity index (χ2n) is 7.85. The van der Waals surface area contributed by atoms with E-state index < -0.39 is 0 Å². The fraction of sp³-hybridized carbons (Fsp3) is 0.269. The maximum atomic E-state index is 13.8. The number of rotatable bonds is 7. The molecule has 4 rings (SSSR count). The van der Waals surface area contributed by atoms with Crippen LogP contribution in [0.2, 0.25) is 0 Å². The van der Waals surface area contributed by atoms with Crippen LogP contribution in [0.5, 0.6) is 11.5 Å². The van der Waals surface area contributed by atoms with Gasteiger partial charge in [-0.05, 0) is 59.5 Å². The second kappa shape index (κ2) is 9.83. The number of carbonyl (C=O) groups is 1. The van der Waals surface area contributed by atoms with Crippen LogP contribution in [0.15, 0.2) is 66.7 Å². The van der Waals surface area contributed by atoms with Gasteiger partial charge in [0.1, 0.15) is 5.82 Å². The number of amides is 1. The van der Waals surface area contributed by atoms with Crippen LogP contribution in [0.1, 0.15) is 33.1 Å². The molecule has 1 atom stereocenters. The lowest BCUT2D eigenvalue weighted by Crippen LogP contribution is -2.41. The Kier molecular flexibility index (Phi) is 6.71. The molecule has 0 aliphatic carbocycles. The van der Waals surface area contributed by atoms with Gasteiger partial charge in [-0.15, -0.1) is 0 Å². The average Bonchev–Trinajstić information content (AvgIpc) is 2.82. The number of halogens is 1. The topological polar surface area (TPSA) is 50.8 Å². The monoisotopic (exact) mass is 434 g/mol. The Labute approximate surface area is 187 Å². The van der Waals surface area contributed by atoms with Gasteiger partial charge in [0, 0.05) is 25.2 Å². The highest BCUT2D eigenvalue weighted by Gasteiger charge is 2.29. The van der Waals surface area contributed by atoms with E-state index in [0.717, 1.165) is 29.7 Å². The molecule has 0 fully saturated rings. The molecule has 0 saturated heterocycles. The molecule has 166 valence electrons. The molecule has 1 amide bonds. The molecule has 0 radical (unpaired) electrons. The molecule has 32 heavy (non-hydrogen) atoms. The summed E-state index contributed by atoms with van der Waals surface area (Å²) >= 11 is 0. The second-order valence-corrected chi connectivity index (χ2v) is 7.85. The number of carbonyl (C=O) groups excluding carboxylic acids is 1. The number of hydrogen-bond donors (Lipinski definition) is 1. The van der Waals surface area contributed by atoms with E-state index in [0.29, 0.717) is 30.2 Å². The first-order valence-corrected chi connectivity index (χ1v) is 10.7. The third-order valence-electron chi connectivity index (χ3n) is 5.88. The molecule has 3 aromatic rings.